The number of hydrogen-bond acceptors (Lipinski definition) is 4. The lowest BCUT2D eigenvalue weighted by molar-refractivity contribution is -0.146. The SMILES string of the molecule is COC(=O)[C@H]1CCCN(C(=O)c2ccc(C)c(O)c2)C1. The lowest BCUT2D eigenvalue weighted by atomic mass is 9.97. The van der Waals surface area contributed by atoms with E-state index in [2.05, 4.69) is 0 Å². The number of nitrogens with zero attached hydrogens (tertiary/aromatic N) is 1. The monoisotopic (exact) mass is 277 g/mol. The largest absolute Gasteiger partial charge is 0.508 e. The van der Waals surface area contributed by atoms with Crippen LogP contribution in [0.2, 0.25) is 0 Å². The highest BCUT2D eigenvalue weighted by molar-refractivity contribution is 5.95. The molecule has 108 valence electrons. The van der Waals surface area contributed by atoms with Crippen molar-refractivity contribution in [1.82, 2.24) is 4.90 Å². The number of likely N-dealkylation sites (tertiary alicyclic amines) is 1. The van der Waals surface area contributed by atoms with Crippen LogP contribution in [0.5, 0.6) is 5.75 Å². The molecular weight excluding hydrogens is 258 g/mol. The fourth-order valence-electron chi connectivity index (χ4n) is 2.45. The first kappa shape index (κ1) is 14.4. The van der Waals surface area contributed by atoms with Crippen molar-refractivity contribution in [3.8, 4) is 5.75 Å². The van der Waals surface area contributed by atoms with Crippen LogP contribution in [0.3, 0.4) is 0 Å². The van der Waals surface area contributed by atoms with Crippen LogP contribution in [0, 0.1) is 12.8 Å². The number of hydrogen-bond donors (Lipinski definition) is 1. The van der Waals surface area contributed by atoms with E-state index in [-0.39, 0.29) is 23.5 Å². The number of aromatic hydroxyl groups is 1. The van der Waals surface area contributed by atoms with E-state index in [4.69, 9.17) is 4.74 Å². The van der Waals surface area contributed by atoms with Gasteiger partial charge in [0, 0.05) is 18.7 Å². The summed E-state index contributed by atoms with van der Waals surface area (Å²) in [5.74, 6) is -0.572. The summed E-state index contributed by atoms with van der Waals surface area (Å²) < 4.78 is 4.74. The lowest BCUT2D eigenvalue weighted by Crippen LogP contribution is -2.42. The topological polar surface area (TPSA) is 66.8 Å². The minimum atomic E-state index is -0.269. The molecule has 1 aromatic rings. The highest BCUT2D eigenvalue weighted by atomic mass is 16.5. The Kier molecular flexibility index (Phi) is 4.27. The molecule has 1 amide bonds. The Labute approximate surface area is 118 Å². The lowest BCUT2D eigenvalue weighted by Gasteiger charge is -2.31. The number of amides is 1. The average molecular weight is 277 g/mol. The van der Waals surface area contributed by atoms with Gasteiger partial charge in [0.2, 0.25) is 0 Å². The number of esters is 1. The summed E-state index contributed by atoms with van der Waals surface area (Å²) in [5.41, 5.74) is 1.17. The number of methoxy groups -OCH3 is 1. The van der Waals surface area contributed by atoms with Gasteiger partial charge in [0.05, 0.1) is 13.0 Å². The summed E-state index contributed by atoms with van der Waals surface area (Å²) in [6.07, 6.45) is 1.53. The molecule has 5 heteroatoms. The Hall–Kier alpha value is -2.04. The van der Waals surface area contributed by atoms with Crippen molar-refractivity contribution < 1.29 is 19.4 Å². The maximum atomic E-state index is 12.4. The molecule has 0 bridgehead atoms. The third kappa shape index (κ3) is 2.92. The summed E-state index contributed by atoms with van der Waals surface area (Å²) in [6, 6.07) is 4.88. The maximum Gasteiger partial charge on any atom is 0.310 e. The third-order valence-electron chi connectivity index (χ3n) is 3.70. The molecule has 20 heavy (non-hydrogen) atoms. The van der Waals surface area contributed by atoms with Crippen LogP contribution in [0.1, 0.15) is 28.8 Å². The number of rotatable bonds is 2. The van der Waals surface area contributed by atoms with Gasteiger partial charge in [0.1, 0.15) is 5.75 Å². The zero-order valence-corrected chi connectivity index (χ0v) is 11.8. The van der Waals surface area contributed by atoms with E-state index in [1.807, 2.05) is 0 Å². The van der Waals surface area contributed by atoms with Gasteiger partial charge in [-0.25, -0.2) is 0 Å². The number of piperidine rings is 1. The first-order valence-corrected chi connectivity index (χ1v) is 6.69. The minimum Gasteiger partial charge on any atom is -0.508 e. The Balaban J connectivity index is 2.12. The molecule has 1 aromatic carbocycles. The Morgan fingerprint density at radius 1 is 1.40 bits per heavy atom. The summed E-state index contributed by atoms with van der Waals surface area (Å²) >= 11 is 0. The van der Waals surface area contributed by atoms with Crippen molar-refractivity contribution in [2.45, 2.75) is 19.8 Å². The van der Waals surface area contributed by atoms with E-state index in [0.29, 0.717) is 18.7 Å². The number of phenolic OH excluding ortho intramolecular Hbond substituents is 1. The second-order valence-corrected chi connectivity index (χ2v) is 5.11. The Morgan fingerprint density at radius 3 is 2.80 bits per heavy atom. The predicted molar refractivity (Wildman–Crippen MR) is 73.5 cm³/mol. The highest BCUT2D eigenvalue weighted by Gasteiger charge is 2.29. The van der Waals surface area contributed by atoms with Crippen molar-refractivity contribution in [2.24, 2.45) is 5.92 Å². The molecule has 0 aliphatic carbocycles. The Bertz CT molecular complexity index is 527. The van der Waals surface area contributed by atoms with E-state index in [1.54, 1.807) is 24.0 Å². The number of carbonyl (C=O) groups excluding carboxylic acids is 2. The zero-order valence-electron chi connectivity index (χ0n) is 11.8. The number of ether oxygens (including phenoxy) is 1. The van der Waals surface area contributed by atoms with Crippen molar-refractivity contribution in [3.63, 3.8) is 0 Å². The molecule has 0 saturated carbocycles. The van der Waals surface area contributed by atoms with E-state index in [0.717, 1.165) is 18.4 Å². The van der Waals surface area contributed by atoms with Gasteiger partial charge in [-0.05, 0) is 37.5 Å². The van der Waals surface area contributed by atoms with Gasteiger partial charge in [-0.2, -0.15) is 0 Å². The number of carbonyl (C=O) groups is 2. The van der Waals surface area contributed by atoms with Gasteiger partial charge >= 0.3 is 5.97 Å². The smallest absolute Gasteiger partial charge is 0.310 e. The predicted octanol–water partition coefficient (Wildman–Crippen LogP) is 1.73. The van der Waals surface area contributed by atoms with Crippen LogP contribution < -0.4 is 0 Å². The van der Waals surface area contributed by atoms with Crippen LogP contribution in [-0.4, -0.2) is 42.1 Å². The maximum absolute atomic E-state index is 12.4. The molecule has 5 nitrogen and oxygen atoms in total. The van der Waals surface area contributed by atoms with E-state index >= 15 is 0 Å². The highest BCUT2D eigenvalue weighted by Crippen LogP contribution is 2.22. The zero-order chi connectivity index (χ0) is 14.7. The van der Waals surface area contributed by atoms with Gasteiger partial charge in [0.15, 0.2) is 0 Å². The summed E-state index contributed by atoms with van der Waals surface area (Å²) in [6.45, 7) is 2.78. The molecule has 1 atom stereocenters. The van der Waals surface area contributed by atoms with Crippen molar-refractivity contribution >= 4 is 11.9 Å². The molecule has 1 fully saturated rings. The van der Waals surface area contributed by atoms with Crippen LogP contribution in [0.15, 0.2) is 18.2 Å². The van der Waals surface area contributed by atoms with Crippen LogP contribution in [0.4, 0.5) is 0 Å². The fourth-order valence-corrected chi connectivity index (χ4v) is 2.45. The molecule has 2 rings (SSSR count). The second kappa shape index (κ2) is 5.94. The van der Waals surface area contributed by atoms with Gasteiger partial charge in [-0.3, -0.25) is 9.59 Å². The first-order chi connectivity index (χ1) is 9.52. The van der Waals surface area contributed by atoms with E-state index in [9.17, 15) is 14.7 Å². The van der Waals surface area contributed by atoms with Crippen LogP contribution >= 0.6 is 0 Å². The quantitative estimate of drug-likeness (QED) is 0.836. The molecular formula is C15H19NO4. The third-order valence-corrected chi connectivity index (χ3v) is 3.70. The number of phenols is 1. The standard InChI is InChI=1S/C15H19NO4/c1-10-5-6-11(8-13(10)17)14(18)16-7-3-4-12(9-16)15(19)20-2/h5-6,8,12,17H,3-4,7,9H2,1-2H3/t12-/m0/s1. The molecule has 1 heterocycles. The van der Waals surface area contributed by atoms with E-state index in [1.165, 1.54) is 13.2 Å². The molecule has 1 saturated heterocycles. The van der Waals surface area contributed by atoms with Gasteiger partial charge in [-0.1, -0.05) is 6.07 Å². The molecule has 1 aliphatic heterocycles. The summed E-state index contributed by atoms with van der Waals surface area (Å²) in [5, 5.41) is 9.68. The van der Waals surface area contributed by atoms with Gasteiger partial charge in [-0.15, -0.1) is 0 Å². The van der Waals surface area contributed by atoms with Crippen LogP contribution in [-0.2, 0) is 9.53 Å². The average Bonchev–Trinajstić information content (AvgIpc) is 2.48. The van der Waals surface area contributed by atoms with Crippen molar-refractivity contribution in [2.75, 3.05) is 20.2 Å². The van der Waals surface area contributed by atoms with Gasteiger partial charge in [0.25, 0.3) is 5.91 Å². The van der Waals surface area contributed by atoms with Crippen molar-refractivity contribution in [3.05, 3.63) is 29.3 Å². The van der Waals surface area contributed by atoms with Gasteiger partial charge < -0.3 is 14.7 Å². The number of aryl methyl sites for hydroxylation is 1. The van der Waals surface area contributed by atoms with E-state index < -0.39 is 0 Å². The summed E-state index contributed by atoms with van der Waals surface area (Å²) in [7, 11) is 1.36. The second-order valence-electron chi connectivity index (χ2n) is 5.11. The van der Waals surface area contributed by atoms with Crippen LogP contribution in [0.25, 0.3) is 0 Å². The summed E-state index contributed by atoms with van der Waals surface area (Å²) in [4.78, 5) is 25.6. The fraction of sp³-hybridized carbons (Fsp3) is 0.467. The molecule has 1 N–H and O–H groups in total. The minimum absolute atomic E-state index is 0.109. The number of benzene rings is 1. The molecule has 0 aromatic heterocycles. The molecule has 1 aliphatic rings. The molecule has 0 unspecified atom stereocenters. The first-order valence-electron chi connectivity index (χ1n) is 6.69. The molecule has 0 spiro atoms. The van der Waals surface area contributed by atoms with Crippen molar-refractivity contribution in [1.29, 1.82) is 0 Å². The Morgan fingerprint density at radius 2 is 2.15 bits per heavy atom. The normalized spacial score (nSPS) is 18.7. The molecule has 0 radical (unpaired) electrons.